The van der Waals surface area contributed by atoms with Crippen LogP contribution in [0.2, 0.25) is 10.0 Å². The molecule has 0 aliphatic rings. The molecule has 0 fully saturated rings. The number of allylic oxidation sites excluding steroid dienone is 1. The van der Waals surface area contributed by atoms with Crippen LogP contribution in [-0.4, -0.2) is 16.9 Å². The summed E-state index contributed by atoms with van der Waals surface area (Å²) in [5.74, 6) is -1.66. The van der Waals surface area contributed by atoms with E-state index in [9.17, 15) is 9.59 Å². The van der Waals surface area contributed by atoms with E-state index >= 15 is 0 Å². The van der Waals surface area contributed by atoms with Crippen molar-refractivity contribution < 1.29 is 14.7 Å². The molecule has 0 heterocycles. The monoisotopic (exact) mass is 258 g/mol. The molecule has 1 rings (SSSR count). The lowest BCUT2D eigenvalue weighted by molar-refractivity contribution is -0.139. The first-order valence-corrected chi connectivity index (χ1v) is 5.13. The maximum absolute atomic E-state index is 11.1. The first-order chi connectivity index (χ1) is 7.50. The molecule has 16 heavy (non-hydrogen) atoms. The third kappa shape index (κ3) is 3.68. The predicted octanol–water partition coefficient (Wildman–Crippen LogP) is 3.05. The fourth-order valence-electron chi connectivity index (χ4n) is 1.04. The summed E-state index contributed by atoms with van der Waals surface area (Å²) in [7, 11) is 0. The van der Waals surface area contributed by atoms with E-state index in [1.807, 2.05) is 0 Å². The van der Waals surface area contributed by atoms with Gasteiger partial charge in [-0.05, 0) is 23.8 Å². The normalized spacial score (nSPS) is 10.6. The molecule has 0 aliphatic carbocycles. The second-order valence-electron chi connectivity index (χ2n) is 3.01. The van der Waals surface area contributed by atoms with E-state index in [2.05, 4.69) is 0 Å². The Hall–Kier alpha value is -1.32. The molecule has 84 valence electrons. The number of halogens is 2. The highest BCUT2D eigenvalue weighted by Gasteiger charge is 2.05. The molecule has 1 aromatic carbocycles. The van der Waals surface area contributed by atoms with E-state index in [1.165, 1.54) is 12.2 Å². The molecule has 0 saturated heterocycles. The molecule has 0 amide bonds. The highest BCUT2D eigenvalue weighted by Crippen LogP contribution is 2.26. The maximum atomic E-state index is 11.1. The molecular formula is C11H8Cl2O3. The van der Waals surface area contributed by atoms with Crippen molar-refractivity contribution in [3.8, 4) is 0 Å². The zero-order valence-corrected chi connectivity index (χ0v) is 9.63. The summed E-state index contributed by atoms with van der Waals surface area (Å²) in [6.45, 7) is 0. The SMILES string of the molecule is O=C(O)CC(=O)C=Cc1cccc(Cl)c1Cl. The fourth-order valence-corrected chi connectivity index (χ4v) is 1.41. The minimum absolute atomic E-state index is 0.337. The molecule has 0 atom stereocenters. The van der Waals surface area contributed by atoms with E-state index < -0.39 is 18.2 Å². The number of aliphatic carboxylic acids is 1. The summed E-state index contributed by atoms with van der Waals surface area (Å²) in [6.07, 6.45) is 2.08. The lowest BCUT2D eigenvalue weighted by Gasteiger charge is -1.99. The van der Waals surface area contributed by atoms with Gasteiger partial charge in [0.25, 0.3) is 0 Å². The number of carbonyl (C=O) groups is 2. The lowest BCUT2D eigenvalue weighted by atomic mass is 10.2. The number of ketones is 1. The van der Waals surface area contributed by atoms with Crippen molar-refractivity contribution in [1.82, 2.24) is 0 Å². The second-order valence-corrected chi connectivity index (χ2v) is 3.80. The largest absolute Gasteiger partial charge is 0.481 e. The van der Waals surface area contributed by atoms with Gasteiger partial charge in [0.1, 0.15) is 6.42 Å². The van der Waals surface area contributed by atoms with Crippen LogP contribution >= 0.6 is 23.2 Å². The van der Waals surface area contributed by atoms with Crippen LogP contribution in [0.5, 0.6) is 0 Å². The number of benzene rings is 1. The van der Waals surface area contributed by atoms with Crippen molar-refractivity contribution in [1.29, 1.82) is 0 Å². The summed E-state index contributed by atoms with van der Waals surface area (Å²) < 4.78 is 0. The predicted molar refractivity (Wildman–Crippen MR) is 62.8 cm³/mol. The molecule has 0 bridgehead atoms. The molecule has 0 aliphatic heterocycles. The molecule has 0 unspecified atom stereocenters. The van der Waals surface area contributed by atoms with E-state index in [0.717, 1.165) is 0 Å². The van der Waals surface area contributed by atoms with Crippen LogP contribution in [0.1, 0.15) is 12.0 Å². The van der Waals surface area contributed by atoms with Crippen LogP contribution in [0.3, 0.4) is 0 Å². The van der Waals surface area contributed by atoms with Gasteiger partial charge in [-0.25, -0.2) is 0 Å². The Morgan fingerprint density at radius 3 is 2.62 bits per heavy atom. The van der Waals surface area contributed by atoms with Gasteiger partial charge in [-0.2, -0.15) is 0 Å². The summed E-state index contributed by atoms with van der Waals surface area (Å²) >= 11 is 11.6. The van der Waals surface area contributed by atoms with Crippen LogP contribution in [0.25, 0.3) is 6.08 Å². The summed E-state index contributed by atoms with van der Waals surface area (Å²) in [5, 5.41) is 9.10. The lowest BCUT2D eigenvalue weighted by Crippen LogP contribution is -2.02. The second kappa shape index (κ2) is 5.68. The maximum Gasteiger partial charge on any atom is 0.311 e. The highest BCUT2D eigenvalue weighted by molar-refractivity contribution is 6.42. The quantitative estimate of drug-likeness (QED) is 0.667. The number of hydrogen-bond acceptors (Lipinski definition) is 2. The smallest absolute Gasteiger partial charge is 0.311 e. The minimum atomic E-state index is -1.16. The Balaban J connectivity index is 2.80. The van der Waals surface area contributed by atoms with Gasteiger partial charge in [-0.3, -0.25) is 9.59 Å². The van der Waals surface area contributed by atoms with Crippen molar-refractivity contribution in [2.45, 2.75) is 6.42 Å². The van der Waals surface area contributed by atoms with Gasteiger partial charge in [0.2, 0.25) is 0 Å². The van der Waals surface area contributed by atoms with Gasteiger partial charge < -0.3 is 5.11 Å². The highest BCUT2D eigenvalue weighted by atomic mass is 35.5. The van der Waals surface area contributed by atoms with Gasteiger partial charge >= 0.3 is 5.97 Å². The number of carboxylic acids is 1. The van der Waals surface area contributed by atoms with Crippen LogP contribution < -0.4 is 0 Å². The van der Waals surface area contributed by atoms with E-state index in [4.69, 9.17) is 28.3 Å². The summed E-state index contributed by atoms with van der Waals surface area (Å²) in [4.78, 5) is 21.3. The van der Waals surface area contributed by atoms with Crippen molar-refractivity contribution in [2.24, 2.45) is 0 Å². The molecular weight excluding hydrogens is 251 g/mol. The van der Waals surface area contributed by atoms with E-state index in [0.29, 0.717) is 15.6 Å². The van der Waals surface area contributed by atoms with Gasteiger partial charge in [0.15, 0.2) is 5.78 Å². The Morgan fingerprint density at radius 2 is 2.00 bits per heavy atom. The number of hydrogen-bond donors (Lipinski definition) is 1. The molecule has 1 N–H and O–H groups in total. The van der Waals surface area contributed by atoms with E-state index in [1.54, 1.807) is 18.2 Å². The van der Waals surface area contributed by atoms with Crippen molar-refractivity contribution in [2.75, 3.05) is 0 Å². The Kier molecular flexibility index (Phi) is 4.52. The standard InChI is InChI=1S/C11H8Cl2O3/c12-9-3-1-2-7(11(9)13)4-5-8(14)6-10(15)16/h1-5H,6H2,(H,15,16). The average Bonchev–Trinajstić information content (AvgIpc) is 2.19. The Labute approximate surface area is 102 Å². The summed E-state index contributed by atoms with van der Waals surface area (Å²) in [6, 6.07) is 4.99. The van der Waals surface area contributed by atoms with Crippen molar-refractivity contribution >= 4 is 41.0 Å². The first kappa shape index (κ1) is 12.7. The van der Waals surface area contributed by atoms with Gasteiger partial charge in [-0.15, -0.1) is 0 Å². The topological polar surface area (TPSA) is 54.4 Å². The Bertz CT molecular complexity index is 453. The number of carboxylic acid groups (broad SMARTS) is 1. The van der Waals surface area contributed by atoms with Crippen LogP contribution in [0, 0.1) is 0 Å². The van der Waals surface area contributed by atoms with Crippen molar-refractivity contribution in [3.05, 3.63) is 39.9 Å². The van der Waals surface area contributed by atoms with E-state index in [-0.39, 0.29) is 0 Å². The third-order valence-corrected chi connectivity index (χ3v) is 2.59. The summed E-state index contributed by atoms with van der Waals surface area (Å²) in [5.41, 5.74) is 0.577. The molecule has 5 heteroatoms. The zero-order chi connectivity index (χ0) is 12.1. The van der Waals surface area contributed by atoms with Crippen LogP contribution in [0.4, 0.5) is 0 Å². The van der Waals surface area contributed by atoms with Gasteiger partial charge in [0, 0.05) is 0 Å². The zero-order valence-electron chi connectivity index (χ0n) is 8.11. The van der Waals surface area contributed by atoms with Gasteiger partial charge in [0.05, 0.1) is 10.0 Å². The van der Waals surface area contributed by atoms with Crippen LogP contribution in [0.15, 0.2) is 24.3 Å². The minimum Gasteiger partial charge on any atom is -0.481 e. The fraction of sp³-hybridized carbons (Fsp3) is 0.0909. The molecule has 0 radical (unpaired) electrons. The van der Waals surface area contributed by atoms with Crippen molar-refractivity contribution in [3.63, 3.8) is 0 Å². The molecule has 3 nitrogen and oxygen atoms in total. The number of rotatable bonds is 4. The third-order valence-electron chi connectivity index (χ3n) is 1.76. The number of carbonyl (C=O) groups excluding carboxylic acids is 1. The molecule has 1 aromatic rings. The van der Waals surface area contributed by atoms with Crippen LogP contribution in [-0.2, 0) is 9.59 Å². The molecule has 0 spiro atoms. The average molecular weight is 259 g/mol. The van der Waals surface area contributed by atoms with Gasteiger partial charge in [-0.1, -0.05) is 35.3 Å². The Morgan fingerprint density at radius 1 is 1.31 bits per heavy atom. The molecule has 0 aromatic heterocycles. The molecule has 0 saturated carbocycles. The first-order valence-electron chi connectivity index (χ1n) is 4.37.